The SMILES string of the molecule is CCC(C)CCCCCCCCCCCCCCCCC(=O)O[C@H](COC(=O)CCCCCCCCCCCCCC(C)C)COP(=O)(O)OC[C@@H](O)COP(=O)(O)OC[C@@H](COC(=O)CCCCCCCCC(C)C)OC(=O)CCCCCCCCCCC(C)CC. The smallest absolute Gasteiger partial charge is 0.462 e. The van der Waals surface area contributed by atoms with Crippen LogP contribution in [0.25, 0.3) is 0 Å². The molecular formula is C74H144O17P2. The fourth-order valence-electron chi connectivity index (χ4n) is 11.1. The normalized spacial score (nSPS) is 14.8. The molecule has 0 heterocycles. The van der Waals surface area contributed by atoms with E-state index in [2.05, 4.69) is 55.4 Å². The molecule has 0 aromatic rings. The van der Waals surface area contributed by atoms with E-state index in [0.29, 0.717) is 31.6 Å². The highest BCUT2D eigenvalue weighted by atomic mass is 31.2. The first-order chi connectivity index (χ1) is 44.7. The van der Waals surface area contributed by atoms with E-state index >= 15 is 0 Å². The van der Waals surface area contributed by atoms with Crippen LogP contribution >= 0.6 is 15.6 Å². The fourth-order valence-corrected chi connectivity index (χ4v) is 12.7. The first-order valence-electron chi connectivity index (χ1n) is 38.3. The maximum Gasteiger partial charge on any atom is 0.472 e. The van der Waals surface area contributed by atoms with E-state index in [1.54, 1.807) is 0 Å². The highest BCUT2D eigenvalue weighted by Crippen LogP contribution is 2.45. The maximum absolute atomic E-state index is 13.1. The second kappa shape index (κ2) is 63.5. The van der Waals surface area contributed by atoms with Gasteiger partial charge in [0.15, 0.2) is 12.2 Å². The van der Waals surface area contributed by atoms with Gasteiger partial charge < -0.3 is 33.8 Å². The lowest BCUT2D eigenvalue weighted by atomic mass is 9.99. The molecule has 0 fully saturated rings. The monoisotopic (exact) mass is 1370 g/mol. The van der Waals surface area contributed by atoms with Gasteiger partial charge in [-0.3, -0.25) is 37.3 Å². The lowest BCUT2D eigenvalue weighted by Gasteiger charge is -2.21. The van der Waals surface area contributed by atoms with E-state index in [9.17, 15) is 43.2 Å². The summed E-state index contributed by atoms with van der Waals surface area (Å²) < 4.78 is 68.4. The van der Waals surface area contributed by atoms with Crippen molar-refractivity contribution in [2.24, 2.45) is 23.7 Å². The van der Waals surface area contributed by atoms with Gasteiger partial charge in [-0.15, -0.1) is 0 Å². The Kier molecular flexibility index (Phi) is 62.2. The number of aliphatic hydroxyl groups excluding tert-OH is 1. The molecule has 0 aromatic heterocycles. The van der Waals surface area contributed by atoms with Crippen molar-refractivity contribution in [3.63, 3.8) is 0 Å². The first kappa shape index (κ1) is 91.1. The highest BCUT2D eigenvalue weighted by molar-refractivity contribution is 7.47. The second-order valence-electron chi connectivity index (χ2n) is 28.1. The van der Waals surface area contributed by atoms with Gasteiger partial charge in [0.25, 0.3) is 0 Å². The summed E-state index contributed by atoms with van der Waals surface area (Å²) in [6.07, 6.45) is 47.2. The molecule has 0 bridgehead atoms. The van der Waals surface area contributed by atoms with Gasteiger partial charge in [0, 0.05) is 25.7 Å². The number of rotatable bonds is 71. The number of phosphoric ester groups is 2. The third-order valence-corrected chi connectivity index (χ3v) is 19.7. The number of ether oxygens (including phenoxy) is 4. The van der Waals surface area contributed by atoms with Crippen molar-refractivity contribution < 1.29 is 80.2 Å². The maximum atomic E-state index is 13.1. The zero-order valence-corrected chi connectivity index (χ0v) is 62.7. The van der Waals surface area contributed by atoms with Gasteiger partial charge in [0.1, 0.15) is 19.3 Å². The van der Waals surface area contributed by atoms with E-state index in [1.165, 1.54) is 167 Å². The number of carbonyl (C=O) groups is 4. The molecule has 0 saturated carbocycles. The molecule has 0 aliphatic carbocycles. The van der Waals surface area contributed by atoms with Gasteiger partial charge in [-0.25, -0.2) is 9.13 Å². The summed E-state index contributed by atoms with van der Waals surface area (Å²) in [5.74, 6) is 0.939. The molecule has 17 nitrogen and oxygen atoms in total. The van der Waals surface area contributed by atoms with E-state index in [1.807, 2.05) is 0 Å². The Hall–Kier alpha value is -1.94. The number of aliphatic hydroxyl groups is 1. The molecule has 19 heteroatoms. The molecule has 0 saturated heterocycles. The van der Waals surface area contributed by atoms with Gasteiger partial charge in [0.2, 0.25) is 0 Å². The molecule has 0 aromatic carbocycles. The van der Waals surface area contributed by atoms with Crippen molar-refractivity contribution in [2.75, 3.05) is 39.6 Å². The van der Waals surface area contributed by atoms with Crippen LogP contribution in [-0.4, -0.2) is 96.7 Å². The molecule has 3 N–H and O–H groups in total. The van der Waals surface area contributed by atoms with Crippen molar-refractivity contribution in [1.29, 1.82) is 0 Å². The zero-order valence-electron chi connectivity index (χ0n) is 60.9. The van der Waals surface area contributed by atoms with E-state index in [0.717, 1.165) is 114 Å². The molecule has 4 unspecified atom stereocenters. The minimum atomic E-state index is -4.96. The van der Waals surface area contributed by atoms with Crippen LogP contribution in [0.2, 0.25) is 0 Å². The number of esters is 4. The molecule has 552 valence electrons. The molecule has 0 aliphatic heterocycles. The number of carbonyl (C=O) groups excluding carboxylic acids is 4. The average Bonchev–Trinajstić information content (AvgIpc) is 1.78. The van der Waals surface area contributed by atoms with Gasteiger partial charge in [0.05, 0.1) is 26.4 Å². The number of hydrogen-bond donors (Lipinski definition) is 3. The molecule has 0 radical (unpaired) electrons. The molecular weight excluding hydrogens is 1220 g/mol. The lowest BCUT2D eigenvalue weighted by molar-refractivity contribution is -0.161. The highest BCUT2D eigenvalue weighted by Gasteiger charge is 2.30. The second-order valence-corrected chi connectivity index (χ2v) is 31.0. The van der Waals surface area contributed by atoms with Crippen molar-refractivity contribution >= 4 is 39.5 Å². The zero-order chi connectivity index (χ0) is 68.9. The summed E-state index contributed by atoms with van der Waals surface area (Å²) in [6, 6.07) is 0. The van der Waals surface area contributed by atoms with Crippen LogP contribution in [0, 0.1) is 23.7 Å². The summed E-state index contributed by atoms with van der Waals surface area (Å²) in [5, 5.41) is 10.6. The Bertz CT molecular complexity index is 1840. The number of phosphoric acid groups is 2. The Morgan fingerprint density at radius 1 is 0.301 bits per heavy atom. The summed E-state index contributed by atoms with van der Waals surface area (Å²) in [4.78, 5) is 72.7. The van der Waals surface area contributed by atoms with Crippen molar-refractivity contribution in [3.05, 3.63) is 0 Å². The van der Waals surface area contributed by atoms with Crippen LogP contribution in [-0.2, 0) is 65.4 Å². The van der Waals surface area contributed by atoms with Crippen LogP contribution < -0.4 is 0 Å². The van der Waals surface area contributed by atoms with Crippen LogP contribution in [0.4, 0.5) is 0 Å². The van der Waals surface area contributed by atoms with Gasteiger partial charge >= 0.3 is 39.5 Å². The lowest BCUT2D eigenvalue weighted by Crippen LogP contribution is -2.30. The fraction of sp³-hybridized carbons (Fsp3) is 0.946. The van der Waals surface area contributed by atoms with E-state index in [-0.39, 0.29) is 25.7 Å². The quantitative estimate of drug-likeness (QED) is 0.0222. The van der Waals surface area contributed by atoms with Crippen LogP contribution in [0.1, 0.15) is 370 Å². The molecule has 7 atom stereocenters. The van der Waals surface area contributed by atoms with Crippen LogP contribution in [0.3, 0.4) is 0 Å². The largest absolute Gasteiger partial charge is 0.472 e. The van der Waals surface area contributed by atoms with Gasteiger partial charge in [-0.05, 0) is 49.4 Å². The molecule has 0 aliphatic rings. The Balaban J connectivity index is 5.24. The predicted molar refractivity (Wildman–Crippen MR) is 377 cm³/mol. The molecule has 0 amide bonds. The first-order valence-corrected chi connectivity index (χ1v) is 41.3. The van der Waals surface area contributed by atoms with Crippen LogP contribution in [0.15, 0.2) is 0 Å². The van der Waals surface area contributed by atoms with Gasteiger partial charge in [-0.1, -0.05) is 319 Å². The number of unbranched alkanes of at least 4 members (excludes halogenated alkanes) is 35. The van der Waals surface area contributed by atoms with Gasteiger partial charge in [-0.2, -0.15) is 0 Å². The summed E-state index contributed by atoms with van der Waals surface area (Å²) >= 11 is 0. The Morgan fingerprint density at radius 2 is 0.516 bits per heavy atom. The minimum absolute atomic E-state index is 0.104. The van der Waals surface area contributed by atoms with E-state index < -0.39 is 97.5 Å². The Labute approximate surface area is 568 Å². The minimum Gasteiger partial charge on any atom is -0.462 e. The Morgan fingerprint density at radius 3 is 0.763 bits per heavy atom. The van der Waals surface area contributed by atoms with Crippen LogP contribution in [0.5, 0.6) is 0 Å². The van der Waals surface area contributed by atoms with Crippen molar-refractivity contribution in [3.8, 4) is 0 Å². The molecule has 0 spiro atoms. The third kappa shape index (κ3) is 65.8. The van der Waals surface area contributed by atoms with Crippen molar-refractivity contribution in [1.82, 2.24) is 0 Å². The van der Waals surface area contributed by atoms with E-state index in [4.69, 9.17) is 37.0 Å². The number of hydrogen-bond acceptors (Lipinski definition) is 15. The topological polar surface area (TPSA) is 237 Å². The van der Waals surface area contributed by atoms with Crippen molar-refractivity contribution in [2.45, 2.75) is 388 Å². The standard InChI is InChI=1S/C74H144O17P2/c1-9-66(7)52-44-36-27-21-17-13-11-12-14-18-23-30-40-48-56-73(78)90-69(60-84-71(76)54-46-38-29-22-19-15-16-20-26-34-42-50-64(3)4)62-88-92(80,81)86-58-68(75)59-87-93(82,83)89-63-70(61-85-72(77)55-47-39-33-32-35-43-51-65(5)6)91-74(79)57-49-41-31-25-24-28-37-45-53-67(8)10-2/h64-70,75H,9-63H2,1-8H3,(H,80,81)(H,82,83)/t66?,67?,68-,69-,70-/m1/s1. The predicted octanol–water partition coefficient (Wildman–Crippen LogP) is 21.3. The summed E-state index contributed by atoms with van der Waals surface area (Å²) in [6.45, 7) is 14.2. The molecule has 93 heavy (non-hydrogen) atoms. The average molecular weight is 1370 g/mol. The summed E-state index contributed by atoms with van der Waals surface area (Å²) in [5.41, 5.74) is 0. The molecule has 0 rings (SSSR count). The summed E-state index contributed by atoms with van der Waals surface area (Å²) in [7, 11) is -9.91. The third-order valence-electron chi connectivity index (χ3n) is 17.8.